The van der Waals surface area contributed by atoms with E-state index in [4.69, 9.17) is 10.5 Å². The highest BCUT2D eigenvalue weighted by Gasteiger charge is 2.20. The van der Waals surface area contributed by atoms with Gasteiger partial charge in [0.15, 0.2) is 5.16 Å². The molecule has 1 heterocycles. The zero-order valence-electron chi connectivity index (χ0n) is 9.73. The van der Waals surface area contributed by atoms with Crippen LogP contribution < -0.4 is 11.3 Å². The number of hydrogen-bond donors (Lipinski definition) is 2. The lowest BCUT2D eigenvalue weighted by Crippen LogP contribution is -2.20. The highest BCUT2D eigenvalue weighted by molar-refractivity contribution is 8.00. The van der Waals surface area contributed by atoms with Crippen molar-refractivity contribution >= 4 is 23.5 Å². The van der Waals surface area contributed by atoms with Gasteiger partial charge >= 0.3 is 5.97 Å². The number of nitrogens with two attached hydrogens (primary N) is 1. The molecule has 0 aliphatic carbocycles. The van der Waals surface area contributed by atoms with E-state index in [0.29, 0.717) is 18.2 Å². The van der Waals surface area contributed by atoms with Crippen molar-refractivity contribution in [2.45, 2.75) is 30.7 Å². The maximum Gasteiger partial charge on any atom is 0.319 e. The third kappa shape index (κ3) is 4.10. The first kappa shape index (κ1) is 13.6. The van der Waals surface area contributed by atoms with Gasteiger partial charge in [-0.3, -0.25) is 9.59 Å². The number of carbonyl (C=O) groups excluding carboxylic acids is 1. The van der Waals surface area contributed by atoms with Crippen LogP contribution in [0.5, 0.6) is 0 Å². The van der Waals surface area contributed by atoms with Crippen LogP contribution in [0.25, 0.3) is 0 Å². The van der Waals surface area contributed by atoms with Crippen LogP contribution in [-0.2, 0) is 9.53 Å². The molecule has 1 aromatic rings. The maximum absolute atomic E-state index is 11.6. The van der Waals surface area contributed by atoms with Gasteiger partial charge in [-0.15, -0.1) is 0 Å². The molecule has 17 heavy (non-hydrogen) atoms. The number of carbonyl (C=O) groups is 1. The molecule has 1 aromatic heterocycles. The summed E-state index contributed by atoms with van der Waals surface area (Å²) in [6, 6.07) is 1.19. The number of nitrogens with one attached hydrogen (secondary N) is 1. The number of H-pyrrole nitrogens is 1. The molecule has 0 bridgehead atoms. The van der Waals surface area contributed by atoms with Crippen LogP contribution >= 0.6 is 11.8 Å². The number of anilines is 1. The number of thioether (sulfide) groups is 1. The molecular weight excluding hydrogens is 242 g/mol. The molecule has 94 valence electrons. The van der Waals surface area contributed by atoms with Crippen LogP contribution in [0, 0.1) is 0 Å². The smallest absolute Gasteiger partial charge is 0.319 e. The quantitative estimate of drug-likeness (QED) is 0.459. The van der Waals surface area contributed by atoms with Crippen LogP contribution in [0.1, 0.15) is 20.3 Å². The monoisotopic (exact) mass is 257 g/mol. The van der Waals surface area contributed by atoms with Crippen molar-refractivity contribution in [1.29, 1.82) is 0 Å². The second-order valence-electron chi connectivity index (χ2n) is 3.24. The van der Waals surface area contributed by atoms with E-state index in [-0.39, 0.29) is 22.6 Å². The van der Waals surface area contributed by atoms with Crippen molar-refractivity contribution in [1.82, 2.24) is 9.97 Å². The lowest BCUT2D eigenvalue weighted by Gasteiger charge is -2.12. The van der Waals surface area contributed by atoms with E-state index >= 15 is 0 Å². The van der Waals surface area contributed by atoms with E-state index in [1.807, 2.05) is 6.92 Å². The number of rotatable bonds is 5. The molecule has 0 saturated heterocycles. The normalized spacial score (nSPS) is 12.1. The molecule has 0 spiro atoms. The SMILES string of the molecule is CCOC(=O)C(CC)Sc1nc(N)cc(=O)[nH]1. The van der Waals surface area contributed by atoms with Gasteiger partial charge in [-0.2, -0.15) is 0 Å². The Morgan fingerprint density at radius 1 is 1.65 bits per heavy atom. The predicted octanol–water partition coefficient (Wildman–Crippen LogP) is 0.786. The topological polar surface area (TPSA) is 98.1 Å². The summed E-state index contributed by atoms with van der Waals surface area (Å²) < 4.78 is 4.92. The van der Waals surface area contributed by atoms with Gasteiger partial charge in [0.1, 0.15) is 11.1 Å². The van der Waals surface area contributed by atoms with Gasteiger partial charge in [0.25, 0.3) is 5.56 Å². The number of ether oxygens (including phenoxy) is 1. The summed E-state index contributed by atoms with van der Waals surface area (Å²) >= 11 is 1.14. The first-order valence-corrected chi connectivity index (χ1v) is 6.14. The fraction of sp³-hybridized carbons (Fsp3) is 0.500. The average molecular weight is 257 g/mol. The third-order valence-electron chi connectivity index (χ3n) is 1.91. The minimum absolute atomic E-state index is 0.134. The van der Waals surface area contributed by atoms with Gasteiger partial charge in [-0.25, -0.2) is 4.98 Å². The Balaban J connectivity index is 2.80. The van der Waals surface area contributed by atoms with Crippen molar-refractivity contribution in [3.63, 3.8) is 0 Å². The lowest BCUT2D eigenvalue weighted by atomic mass is 10.3. The molecule has 1 rings (SSSR count). The average Bonchev–Trinajstić information content (AvgIpc) is 2.24. The van der Waals surface area contributed by atoms with Crippen molar-refractivity contribution in [3.05, 3.63) is 16.4 Å². The van der Waals surface area contributed by atoms with Gasteiger partial charge in [-0.05, 0) is 13.3 Å². The van der Waals surface area contributed by atoms with Crippen molar-refractivity contribution in [2.24, 2.45) is 0 Å². The van der Waals surface area contributed by atoms with Crippen LogP contribution in [0.3, 0.4) is 0 Å². The van der Waals surface area contributed by atoms with Crippen molar-refractivity contribution in [3.8, 4) is 0 Å². The second-order valence-corrected chi connectivity index (χ2v) is 4.43. The number of aromatic amines is 1. The zero-order valence-corrected chi connectivity index (χ0v) is 10.5. The Bertz CT molecular complexity index is 447. The molecule has 0 fully saturated rings. The van der Waals surface area contributed by atoms with Crippen molar-refractivity contribution in [2.75, 3.05) is 12.3 Å². The highest BCUT2D eigenvalue weighted by Crippen LogP contribution is 2.22. The Morgan fingerprint density at radius 2 is 2.35 bits per heavy atom. The molecule has 7 heteroatoms. The van der Waals surface area contributed by atoms with Crippen LogP contribution in [-0.4, -0.2) is 27.8 Å². The molecule has 0 saturated carbocycles. The number of nitrogen functional groups attached to an aromatic ring is 1. The molecule has 0 aromatic carbocycles. The van der Waals surface area contributed by atoms with E-state index < -0.39 is 0 Å². The molecule has 6 nitrogen and oxygen atoms in total. The molecule has 0 amide bonds. The largest absolute Gasteiger partial charge is 0.465 e. The molecule has 0 radical (unpaired) electrons. The van der Waals surface area contributed by atoms with Crippen LogP contribution in [0.4, 0.5) is 5.82 Å². The molecule has 3 N–H and O–H groups in total. The standard InChI is InChI=1S/C10H15N3O3S/c1-3-6(9(15)16-4-2)17-10-12-7(11)5-8(14)13-10/h5-6H,3-4H2,1-2H3,(H3,11,12,13,14). The molecule has 1 unspecified atom stereocenters. The number of hydrogen-bond acceptors (Lipinski definition) is 6. The van der Waals surface area contributed by atoms with E-state index in [9.17, 15) is 9.59 Å². The summed E-state index contributed by atoms with van der Waals surface area (Å²) in [5, 5.41) is -0.0604. The summed E-state index contributed by atoms with van der Waals surface area (Å²) in [4.78, 5) is 29.2. The fourth-order valence-corrected chi connectivity index (χ4v) is 2.10. The fourth-order valence-electron chi connectivity index (χ4n) is 1.18. The zero-order chi connectivity index (χ0) is 12.8. The molecule has 0 aliphatic rings. The Labute approximate surface area is 103 Å². The minimum atomic E-state index is -0.389. The first-order valence-electron chi connectivity index (χ1n) is 5.27. The molecule has 1 atom stereocenters. The Morgan fingerprint density at radius 3 is 2.88 bits per heavy atom. The third-order valence-corrected chi connectivity index (χ3v) is 3.14. The Kier molecular flexibility index (Phi) is 5.02. The molecule has 0 aliphatic heterocycles. The predicted molar refractivity (Wildman–Crippen MR) is 65.8 cm³/mol. The van der Waals surface area contributed by atoms with E-state index in [1.54, 1.807) is 6.92 Å². The summed E-state index contributed by atoms with van der Waals surface area (Å²) in [5.41, 5.74) is 5.12. The molecular formula is C10H15N3O3S. The van der Waals surface area contributed by atoms with Crippen LogP contribution in [0.2, 0.25) is 0 Å². The second kappa shape index (κ2) is 6.29. The van der Waals surface area contributed by atoms with Crippen LogP contribution in [0.15, 0.2) is 16.0 Å². The van der Waals surface area contributed by atoms with Gasteiger partial charge in [0.2, 0.25) is 0 Å². The van der Waals surface area contributed by atoms with Crippen molar-refractivity contribution < 1.29 is 9.53 Å². The number of nitrogens with zero attached hydrogens (tertiary/aromatic N) is 1. The van der Waals surface area contributed by atoms with Gasteiger partial charge < -0.3 is 15.5 Å². The van der Waals surface area contributed by atoms with E-state index in [0.717, 1.165) is 11.8 Å². The minimum Gasteiger partial charge on any atom is -0.465 e. The Hall–Kier alpha value is -1.50. The van der Waals surface area contributed by atoms with Gasteiger partial charge in [0, 0.05) is 6.07 Å². The number of aromatic nitrogens is 2. The highest BCUT2D eigenvalue weighted by atomic mass is 32.2. The maximum atomic E-state index is 11.6. The van der Waals surface area contributed by atoms with E-state index in [2.05, 4.69) is 9.97 Å². The van der Waals surface area contributed by atoms with Gasteiger partial charge in [-0.1, -0.05) is 18.7 Å². The van der Waals surface area contributed by atoms with Gasteiger partial charge in [0.05, 0.1) is 6.61 Å². The van der Waals surface area contributed by atoms with E-state index in [1.165, 1.54) is 6.07 Å². The summed E-state index contributed by atoms with van der Waals surface area (Å²) in [6.07, 6.45) is 0.585. The lowest BCUT2D eigenvalue weighted by molar-refractivity contribution is -0.142. The summed E-state index contributed by atoms with van der Waals surface area (Å²) in [5.74, 6) is -0.181. The number of esters is 1. The summed E-state index contributed by atoms with van der Waals surface area (Å²) in [7, 11) is 0. The summed E-state index contributed by atoms with van der Waals surface area (Å²) in [6.45, 7) is 3.94. The first-order chi connectivity index (χ1) is 8.06.